The summed E-state index contributed by atoms with van der Waals surface area (Å²) in [4.78, 5) is 15.3. The molecule has 0 amide bonds. The zero-order valence-corrected chi connectivity index (χ0v) is 13.4. The first-order valence-corrected chi connectivity index (χ1v) is 12.6. The van der Waals surface area contributed by atoms with Gasteiger partial charge in [-0.2, -0.15) is 0 Å². The molecule has 0 bridgehead atoms. The van der Waals surface area contributed by atoms with E-state index in [9.17, 15) is 4.79 Å². The molecule has 0 aliphatic heterocycles. The molecule has 0 aromatic heterocycles. The maximum Gasteiger partial charge on any atom is 0.309 e. The molecule has 0 radical (unpaired) electrons. The van der Waals surface area contributed by atoms with Gasteiger partial charge >= 0.3 is 5.97 Å². The van der Waals surface area contributed by atoms with Gasteiger partial charge in [0.15, 0.2) is 0 Å². The molecule has 0 rings (SSSR count). The number of hydrogen-bond donors (Lipinski definition) is 1. The molecule has 0 spiro atoms. The molecule has 0 aliphatic carbocycles. The molecular weight excluding hydrogens is 234 g/mol. The van der Waals surface area contributed by atoms with Crippen molar-refractivity contribution in [3.05, 3.63) is 12.7 Å². The first kappa shape index (κ1) is 15.6. The summed E-state index contributed by atoms with van der Waals surface area (Å²) >= 11 is 0. The number of carbonyl (C=O) groups excluding carboxylic acids is 1. The fraction of sp³-hybridized carbons (Fsp3) is 0.727. The van der Waals surface area contributed by atoms with Crippen LogP contribution in [0.25, 0.3) is 0 Å². The molecule has 0 aromatic carbocycles. The quantitative estimate of drug-likeness (QED) is 0.589. The van der Waals surface area contributed by atoms with Crippen molar-refractivity contribution in [2.45, 2.75) is 51.7 Å². The van der Waals surface area contributed by atoms with Crippen molar-refractivity contribution in [3.8, 4) is 0 Å². The molecule has 3 nitrogen and oxygen atoms in total. The third kappa shape index (κ3) is 7.84. The van der Waals surface area contributed by atoms with E-state index in [1.54, 1.807) is 6.08 Å². The summed E-state index contributed by atoms with van der Waals surface area (Å²) in [5.74, 6) is -0.124. The zero-order chi connectivity index (χ0) is 13.0. The first-order valence-electron chi connectivity index (χ1n) is 5.66. The summed E-state index contributed by atoms with van der Waals surface area (Å²) < 4.78 is 5.51. The molecule has 94 valence electrons. The Morgan fingerprint density at radius 1 is 1.31 bits per heavy atom. The zero-order valence-electron chi connectivity index (χ0n) is 11.4. The lowest BCUT2D eigenvalue weighted by Crippen LogP contribution is -2.53. The minimum atomic E-state index is -1.80. The van der Waals surface area contributed by atoms with E-state index < -0.39 is 16.6 Å². The summed E-state index contributed by atoms with van der Waals surface area (Å²) in [7, 11) is -3.27. The number of carbonyl (C=O) groups is 1. The van der Waals surface area contributed by atoms with Gasteiger partial charge < -0.3 is 9.41 Å². The van der Waals surface area contributed by atoms with Crippen LogP contribution >= 0.6 is 0 Å². The van der Waals surface area contributed by atoms with Crippen LogP contribution in [-0.4, -0.2) is 28.6 Å². The van der Waals surface area contributed by atoms with Gasteiger partial charge in [0.25, 0.3) is 0 Å². The van der Waals surface area contributed by atoms with Gasteiger partial charge in [-0.1, -0.05) is 25.7 Å². The summed E-state index contributed by atoms with van der Waals surface area (Å²) in [5.41, 5.74) is 0. The Kier molecular flexibility index (Phi) is 5.65. The topological polar surface area (TPSA) is 38.3 Å². The Hall–Kier alpha value is -0.396. The lowest BCUT2D eigenvalue weighted by atomic mass is 10.2. The van der Waals surface area contributed by atoms with Gasteiger partial charge in [0.05, 0.1) is 0 Å². The van der Waals surface area contributed by atoms with Crippen LogP contribution in [0.1, 0.15) is 6.42 Å². The van der Waals surface area contributed by atoms with Crippen LogP contribution < -0.4 is 4.98 Å². The minimum absolute atomic E-state index is 0.124. The van der Waals surface area contributed by atoms with Crippen molar-refractivity contribution in [1.29, 1.82) is 0 Å². The molecule has 1 unspecified atom stereocenters. The van der Waals surface area contributed by atoms with Crippen molar-refractivity contribution >= 4 is 22.5 Å². The SMILES string of the molecule is C=CCC(N[Si](C)(C)C)C(=O)O[Si](C)(C)C. The second-order valence-electron chi connectivity index (χ2n) is 6.00. The molecule has 0 saturated heterocycles. The Balaban J connectivity index is 4.53. The Bertz CT molecular complexity index is 254. The fourth-order valence-electron chi connectivity index (χ4n) is 1.28. The van der Waals surface area contributed by atoms with Crippen LogP contribution in [0, 0.1) is 0 Å². The number of rotatable bonds is 6. The predicted molar refractivity (Wildman–Crippen MR) is 74.5 cm³/mol. The third-order valence-corrected chi connectivity index (χ3v) is 3.73. The van der Waals surface area contributed by atoms with Gasteiger partial charge in [-0.25, -0.2) is 0 Å². The second-order valence-corrected chi connectivity index (χ2v) is 15.2. The van der Waals surface area contributed by atoms with E-state index in [2.05, 4.69) is 31.2 Å². The molecule has 0 aromatic rings. The van der Waals surface area contributed by atoms with Crippen LogP contribution in [0.2, 0.25) is 39.3 Å². The Morgan fingerprint density at radius 2 is 1.81 bits per heavy atom. The average Bonchev–Trinajstić information content (AvgIpc) is 1.97. The number of hydrogen-bond acceptors (Lipinski definition) is 3. The van der Waals surface area contributed by atoms with E-state index in [1.807, 2.05) is 19.6 Å². The lowest BCUT2D eigenvalue weighted by Gasteiger charge is -2.28. The van der Waals surface area contributed by atoms with E-state index in [4.69, 9.17) is 4.43 Å². The van der Waals surface area contributed by atoms with Crippen LogP contribution in [0.4, 0.5) is 0 Å². The molecule has 0 aliphatic rings. The molecule has 0 saturated carbocycles. The van der Waals surface area contributed by atoms with Gasteiger partial charge in [-0.05, 0) is 26.1 Å². The maximum absolute atomic E-state index is 12.0. The standard InChI is InChI=1S/C11H25NO2Si2/c1-8-9-10(12-15(2,3)4)11(13)14-16(5,6)7/h8,10,12H,1,9H2,2-7H3. The summed E-state index contributed by atoms with van der Waals surface area (Å²) in [6, 6.07) is -0.226. The summed E-state index contributed by atoms with van der Waals surface area (Å²) in [6.45, 7) is 16.3. The van der Waals surface area contributed by atoms with Crippen molar-refractivity contribution in [2.24, 2.45) is 0 Å². The molecule has 0 heterocycles. The largest absolute Gasteiger partial charge is 0.519 e. The van der Waals surface area contributed by atoms with E-state index >= 15 is 0 Å². The first-order chi connectivity index (χ1) is 7.05. The van der Waals surface area contributed by atoms with Crippen LogP contribution in [-0.2, 0) is 9.22 Å². The average molecular weight is 259 g/mol. The van der Waals surface area contributed by atoms with Gasteiger partial charge in [-0.15, -0.1) is 6.58 Å². The Morgan fingerprint density at radius 3 is 2.12 bits per heavy atom. The minimum Gasteiger partial charge on any atom is -0.519 e. The summed E-state index contributed by atoms with van der Waals surface area (Å²) in [5, 5.41) is 0. The fourth-order valence-corrected chi connectivity index (χ4v) is 3.30. The van der Waals surface area contributed by atoms with Gasteiger partial charge in [-0.3, -0.25) is 4.79 Å². The van der Waals surface area contributed by atoms with E-state index in [-0.39, 0.29) is 12.0 Å². The van der Waals surface area contributed by atoms with Gasteiger partial charge in [0, 0.05) is 0 Å². The van der Waals surface area contributed by atoms with Crippen LogP contribution in [0.15, 0.2) is 12.7 Å². The third-order valence-electron chi connectivity index (χ3n) is 1.70. The van der Waals surface area contributed by atoms with Gasteiger partial charge in [0.2, 0.25) is 8.32 Å². The maximum atomic E-state index is 12.0. The van der Waals surface area contributed by atoms with Crippen LogP contribution in [0.3, 0.4) is 0 Å². The molecule has 1 N–H and O–H groups in total. The predicted octanol–water partition coefficient (Wildman–Crippen LogP) is 2.73. The molecular formula is C11H25NO2Si2. The number of nitrogens with one attached hydrogen (secondary N) is 1. The van der Waals surface area contributed by atoms with Crippen molar-refractivity contribution in [1.82, 2.24) is 4.98 Å². The van der Waals surface area contributed by atoms with Crippen molar-refractivity contribution < 1.29 is 9.22 Å². The lowest BCUT2D eigenvalue weighted by molar-refractivity contribution is -0.137. The highest BCUT2D eigenvalue weighted by Gasteiger charge is 2.28. The monoisotopic (exact) mass is 259 g/mol. The smallest absolute Gasteiger partial charge is 0.309 e. The molecule has 16 heavy (non-hydrogen) atoms. The van der Waals surface area contributed by atoms with E-state index in [0.29, 0.717) is 6.42 Å². The second kappa shape index (κ2) is 5.79. The van der Waals surface area contributed by atoms with Crippen molar-refractivity contribution in [3.63, 3.8) is 0 Å². The van der Waals surface area contributed by atoms with Crippen LogP contribution in [0.5, 0.6) is 0 Å². The Labute approximate surface area is 101 Å². The van der Waals surface area contributed by atoms with E-state index in [1.165, 1.54) is 0 Å². The molecule has 1 atom stereocenters. The van der Waals surface area contributed by atoms with Crippen molar-refractivity contribution in [2.75, 3.05) is 0 Å². The summed E-state index contributed by atoms with van der Waals surface area (Å²) in [6.07, 6.45) is 2.40. The highest BCUT2D eigenvalue weighted by atomic mass is 28.4. The highest BCUT2D eigenvalue weighted by Crippen LogP contribution is 2.09. The molecule has 5 heteroatoms. The normalized spacial score (nSPS) is 14.4. The molecule has 0 fully saturated rings. The van der Waals surface area contributed by atoms with Gasteiger partial charge in [0.1, 0.15) is 14.3 Å². The van der Waals surface area contributed by atoms with E-state index in [0.717, 1.165) is 0 Å². The highest BCUT2D eigenvalue weighted by molar-refractivity contribution is 6.74.